The summed E-state index contributed by atoms with van der Waals surface area (Å²) in [5.41, 5.74) is -0.162. The van der Waals surface area contributed by atoms with Crippen molar-refractivity contribution in [1.29, 1.82) is 0 Å². The molecule has 3 atom stereocenters. The molecule has 0 bridgehead atoms. The van der Waals surface area contributed by atoms with Crippen molar-refractivity contribution in [3.63, 3.8) is 0 Å². The van der Waals surface area contributed by atoms with Gasteiger partial charge in [-0.25, -0.2) is 8.42 Å². The first-order valence-corrected chi connectivity index (χ1v) is 11.3. The molecule has 0 fully saturated rings. The maximum Gasteiger partial charge on any atom is 0.313 e. The molecule has 1 aromatic rings. The number of esters is 1. The van der Waals surface area contributed by atoms with E-state index in [2.05, 4.69) is 0 Å². The Hall–Kier alpha value is -1.07. The highest BCUT2D eigenvalue weighted by atomic mass is 35.5. The Morgan fingerprint density at radius 3 is 2.04 bits per heavy atom. The zero-order chi connectivity index (χ0) is 21.1. The van der Waals surface area contributed by atoms with E-state index in [1.54, 1.807) is 45.0 Å². The summed E-state index contributed by atoms with van der Waals surface area (Å²) in [5, 5.41) is 0. The number of rotatable bonds is 9. The molecule has 0 aliphatic rings. The number of ether oxygens (including phenoxy) is 1. The van der Waals surface area contributed by atoms with Crippen LogP contribution in [0.5, 0.6) is 0 Å². The Balaban J connectivity index is 3.56. The van der Waals surface area contributed by atoms with E-state index in [9.17, 15) is 13.2 Å². The van der Waals surface area contributed by atoms with Gasteiger partial charge in [-0.2, -0.15) is 0 Å². The van der Waals surface area contributed by atoms with E-state index in [0.29, 0.717) is 19.3 Å². The molecular formula is C21H33ClO4S. The van der Waals surface area contributed by atoms with Gasteiger partial charge in [0.15, 0.2) is 9.84 Å². The lowest BCUT2D eigenvalue weighted by Gasteiger charge is -2.44. The summed E-state index contributed by atoms with van der Waals surface area (Å²) in [6, 6.07) is 6.84. The van der Waals surface area contributed by atoms with E-state index in [-0.39, 0.29) is 11.3 Å². The average Bonchev–Trinajstić information content (AvgIpc) is 2.61. The standard InChI is InChI=1S/C21H33ClO4S/c1-8-14-19(4,27(24,25)17-12-10-16(3)11-13-17)15-20(5,18(23)26-7)21(6,22)9-2/h10-13H,8-9,14-15H2,1-7H3. The normalized spacial score (nSPS) is 18.8. The van der Waals surface area contributed by atoms with Crippen LogP contribution in [0.25, 0.3) is 0 Å². The number of hydrogen-bond donors (Lipinski definition) is 0. The highest BCUT2D eigenvalue weighted by Crippen LogP contribution is 2.49. The van der Waals surface area contributed by atoms with Crippen molar-refractivity contribution in [2.75, 3.05) is 7.11 Å². The summed E-state index contributed by atoms with van der Waals surface area (Å²) in [5.74, 6) is -0.483. The fourth-order valence-electron chi connectivity index (χ4n) is 3.68. The average molecular weight is 417 g/mol. The largest absolute Gasteiger partial charge is 0.469 e. The minimum atomic E-state index is -3.69. The van der Waals surface area contributed by atoms with Gasteiger partial charge in [0.05, 0.1) is 27.0 Å². The summed E-state index contributed by atoms with van der Waals surface area (Å²) in [4.78, 5) is 12.1. The minimum Gasteiger partial charge on any atom is -0.469 e. The van der Waals surface area contributed by atoms with Gasteiger partial charge in [-0.3, -0.25) is 4.79 Å². The van der Waals surface area contributed by atoms with Crippen molar-refractivity contribution < 1.29 is 17.9 Å². The summed E-state index contributed by atoms with van der Waals surface area (Å²) in [6.07, 6.45) is 1.69. The van der Waals surface area contributed by atoms with E-state index in [0.717, 1.165) is 5.56 Å². The van der Waals surface area contributed by atoms with E-state index >= 15 is 0 Å². The molecule has 1 rings (SSSR count). The maximum absolute atomic E-state index is 13.6. The summed E-state index contributed by atoms with van der Waals surface area (Å²) >= 11 is 6.73. The van der Waals surface area contributed by atoms with E-state index in [1.165, 1.54) is 7.11 Å². The zero-order valence-corrected chi connectivity index (χ0v) is 19.1. The highest BCUT2D eigenvalue weighted by Gasteiger charge is 2.55. The predicted molar refractivity (Wildman–Crippen MR) is 111 cm³/mol. The Morgan fingerprint density at radius 2 is 1.63 bits per heavy atom. The Kier molecular flexibility index (Phi) is 7.56. The first-order chi connectivity index (χ1) is 12.3. The van der Waals surface area contributed by atoms with Crippen molar-refractivity contribution in [2.45, 2.75) is 81.7 Å². The third-order valence-corrected chi connectivity index (χ3v) is 9.16. The van der Waals surface area contributed by atoms with Gasteiger partial charge in [-0.1, -0.05) is 38.0 Å². The molecule has 6 heteroatoms. The number of carbonyl (C=O) groups is 1. The molecular weight excluding hydrogens is 384 g/mol. The number of benzene rings is 1. The van der Waals surface area contributed by atoms with E-state index in [4.69, 9.17) is 16.3 Å². The lowest BCUT2D eigenvalue weighted by molar-refractivity contribution is -0.155. The van der Waals surface area contributed by atoms with Crippen LogP contribution in [0.15, 0.2) is 29.2 Å². The third-order valence-electron chi connectivity index (χ3n) is 5.94. The first-order valence-electron chi connectivity index (χ1n) is 9.40. The van der Waals surface area contributed by atoms with Crippen LogP contribution in [0.1, 0.15) is 65.9 Å². The van der Waals surface area contributed by atoms with Crippen LogP contribution in [0, 0.1) is 12.3 Å². The summed E-state index contributed by atoms with van der Waals surface area (Å²) in [7, 11) is -2.38. The highest BCUT2D eigenvalue weighted by molar-refractivity contribution is 7.92. The number of halogens is 1. The number of hydrogen-bond acceptors (Lipinski definition) is 4. The molecule has 3 unspecified atom stereocenters. The number of sulfone groups is 1. The van der Waals surface area contributed by atoms with E-state index < -0.39 is 30.8 Å². The fourth-order valence-corrected chi connectivity index (χ4v) is 5.84. The van der Waals surface area contributed by atoms with Gasteiger partial charge in [-0.05, 0) is 59.1 Å². The molecule has 0 radical (unpaired) electrons. The third kappa shape index (κ3) is 4.51. The quantitative estimate of drug-likeness (QED) is 0.404. The van der Waals surface area contributed by atoms with Crippen LogP contribution < -0.4 is 0 Å². The number of methoxy groups -OCH3 is 1. The molecule has 0 spiro atoms. The molecule has 0 aliphatic heterocycles. The maximum atomic E-state index is 13.6. The number of alkyl halides is 1. The van der Waals surface area contributed by atoms with Crippen LogP contribution in [0.2, 0.25) is 0 Å². The second-order valence-electron chi connectivity index (χ2n) is 8.07. The second-order valence-corrected chi connectivity index (χ2v) is 11.4. The lowest BCUT2D eigenvalue weighted by atomic mass is 9.69. The van der Waals surface area contributed by atoms with Crippen LogP contribution in [0.3, 0.4) is 0 Å². The summed E-state index contributed by atoms with van der Waals surface area (Å²) < 4.78 is 31.0. The SMILES string of the molecule is CCCC(C)(CC(C)(C(=O)OC)C(C)(Cl)CC)S(=O)(=O)c1ccc(C)cc1. The number of carbonyl (C=O) groups excluding carboxylic acids is 1. The van der Waals surface area contributed by atoms with E-state index in [1.807, 2.05) is 20.8 Å². The molecule has 27 heavy (non-hydrogen) atoms. The van der Waals surface area contributed by atoms with Gasteiger partial charge < -0.3 is 4.74 Å². The van der Waals surface area contributed by atoms with Gasteiger partial charge in [0, 0.05) is 0 Å². The van der Waals surface area contributed by atoms with Gasteiger partial charge in [0.1, 0.15) is 0 Å². The van der Waals surface area contributed by atoms with Gasteiger partial charge in [0.2, 0.25) is 0 Å². The molecule has 0 N–H and O–H groups in total. The monoisotopic (exact) mass is 416 g/mol. The molecule has 0 heterocycles. The zero-order valence-electron chi connectivity index (χ0n) is 17.6. The Morgan fingerprint density at radius 1 is 1.11 bits per heavy atom. The molecule has 4 nitrogen and oxygen atoms in total. The molecule has 0 aliphatic carbocycles. The molecule has 1 aromatic carbocycles. The van der Waals surface area contributed by atoms with Crippen molar-refractivity contribution in [1.82, 2.24) is 0 Å². The van der Waals surface area contributed by atoms with Crippen molar-refractivity contribution in [3.05, 3.63) is 29.8 Å². The van der Waals surface area contributed by atoms with Crippen molar-refractivity contribution in [3.8, 4) is 0 Å². The Labute approximate surface area is 169 Å². The molecule has 0 saturated heterocycles. The van der Waals surface area contributed by atoms with Crippen LogP contribution >= 0.6 is 11.6 Å². The molecule has 0 amide bonds. The summed E-state index contributed by atoms with van der Waals surface area (Å²) in [6.45, 7) is 11.0. The second kappa shape index (κ2) is 8.52. The van der Waals surface area contributed by atoms with Crippen LogP contribution in [-0.4, -0.2) is 31.1 Å². The smallest absolute Gasteiger partial charge is 0.313 e. The fraction of sp³-hybridized carbons (Fsp3) is 0.667. The lowest BCUT2D eigenvalue weighted by Crippen LogP contribution is -2.52. The van der Waals surface area contributed by atoms with Crippen molar-refractivity contribution in [2.24, 2.45) is 5.41 Å². The minimum absolute atomic E-state index is 0.0879. The van der Waals surface area contributed by atoms with Gasteiger partial charge >= 0.3 is 5.97 Å². The first kappa shape index (κ1) is 24.0. The molecule has 154 valence electrons. The van der Waals surface area contributed by atoms with Gasteiger partial charge in [-0.15, -0.1) is 11.6 Å². The number of aryl methyl sites for hydroxylation is 1. The van der Waals surface area contributed by atoms with Crippen LogP contribution in [-0.2, 0) is 19.4 Å². The molecule has 0 saturated carbocycles. The Bertz CT molecular complexity index is 755. The molecule has 0 aromatic heterocycles. The van der Waals surface area contributed by atoms with Crippen LogP contribution in [0.4, 0.5) is 0 Å². The van der Waals surface area contributed by atoms with Gasteiger partial charge in [0.25, 0.3) is 0 Å². The van der Waals surface area contributed by atoms with Crippen molar-refractivity contribution >= 4 is 27.4 Å². The topological polar surface area (TPSA) is 60.4 Å². The predicted octanol–water partition coefficient (Wildman–Crippen LogP) is 5.30.